The van der Waals surface area contributed by atoms with Crippen LogP contribution < -0.4 is 17.2 Å². The molecule has 20 heavy (non-hydrogen) atoms. The molecule has 0 heterocycles. The molecule has 6 N–H and O–H groups in total. The van der Waals surface area contributed by atoms with Gasteiger partial charge in [-0.15, -0.1) is 15.4 Å². The number of nitrogens with two attached hydrogens (primary N) is 3. The number of hydrazine groups is 4. The fraction of sp³-hybridized carbons (Fsp3) is 0.500. The summed E-state index contributed by atoms with van der Waals surface area (Å²) in [7, 11) is 5.39. The van der Waals surface area contributed by atoms with Gasteiger partial charge in [0, 0.05) is 28.2 Å². The summed E-state index contributed by atoms with van der Waals surface area (Å²) in [6.07, 6.45) is 0. The van der Waals surface area contributed by atoms with Crippen molar-refractivity contribution in [1.29, 1.82) is 0 Å². The molecular formula is C8H18N8O4. The van der Waals surface area contributed by atoms with Gasteiger partial charge in [-0.1, -0.05) is 0 Å². The molecule has 0 rings (SSSR count). The predicted octanol–water partition coefficient (Wildman–Crippen LogP) is -3.16. The summed E-state index contributed by atoms with van der Waals surface area (Å²) < 4.78 is 0. The van der Waals surface area contributed by atoms with Gasteiger partial charge in [-0.25, -0.2) is 19.6 Å². The molecule has 0 aromatic rings. The summed E-state index contributed by atoms with van der Waals surface area (Å²) in [5.41, 5.74) is 15.1. The Balaban J connectivity index is 5.92. The number of hydrogen-bond donors (Lipinski definition) is 3. The van der Waals surface area contributed by atoms with Crippen LogP contribution in [0.5, 0.6) is 0 Å². The van der Waals surface area contributed by atoms with E-state index in [9.17, 15) is 19.2 Å². The molecule has 0 radical (unpaired) electrons. The Hall–Kier alpha value is -2.60. The Morgan fingerprint density at radius 2 is 0.950 bits per heavy atom. The van der Waals surface area contributed by atoms with Gasteiger partial charge in [0.05, 0.1) is 0 Å². The molecule has 0 aromatic heterocycles. The monoisotopic (exact) mass is 290 g/mol. The van der Waals surface area contributed by atoms with Crippen molar-refractivity contribution in [2.75, 3.05) is 28.2 Å². The molecule has 0 saturated carbocycles. The zero-order chi connectivity index (χ0) is 16.2. The molecular weight excluding hydrogens is 272 g/mol. The lowest BCUT2D eigenvalue weighted by Crippen LogP contribution is -2.69. The molecule has 0 aliphatic heterocycles. The number of urea groups is 2. The highest BCUT2D eigenvalue weighted by molar-refractivity contribution is 6.34. The first-order valence-electron chi connectivity index (χ1n) is 5.19. The van der Waals surface area contributed by atoms with Crippen molar-refractivity contribution in [3.05, 3.63) is 0 Å². The van der Waals surface area contributed by atoms with E-state index in [-0.39, 0.29) is 0 Å². The molecule has 0 aliphatic rings. The number of primary amides is 3. The Morgan fingerprint density at radius 3 is 1.10 bits per heavy atom. The van der Waals surface area contributed by atoms with Crippen LogP contribution in [-0.2, 0) is 9.59 Å². The standard InChI is InChI=1S/C8H18N8O4/c1-12(2)15(7(10)19)14(6(18)5(9)17)16(8(11)20)13(3)4/h1-4H3,(H2,9,17)(H2,10,19)(H2,11,20). The highest BCUT2D eigenvalue weighted by atomic mass is 16.3. The maximum atomic E-state index is 11.8. The number of hydrogen-bond acceptors (Lipinski definition) is 6. The quantitative estimate of drug-likeness (QED) is 0.359. The Morgan fingerprint density at radius 1 is 0.650 bits per heavy atom. The van der Waals surface area contributed by atoms with Gasteiger partial charge >= 0.3 is 23.9 Å². The van der Waals surface area contributed by atoms with Crippen LogP contribution in [0.15, 0.2) is 0 Å². The van der Waals surface area contributed by atoms with Crippen molar-refractivity contribution in [1.82, 2.24) is 25.4 Å². The van der Waals surface area contributed by atoms with Gasteiger partial charge in [-0.2, -0.15) is 0 Å². The number of rotatable bonds is 2. The maximum absolute atomic E-state index is 11.8. The molecule has 0 bridgehead atoms. The fourth-order valence-electron chi connectivity index (χ4n) is 1.27. The van der Waals surface area contributed by atoms with E-state index in [0.717, 1.165) is 10.0 Å². The SMILES string of the molecule is CN(C)N(C(N)=O)N(C(=O)C(N)=O)N(C(N)=O)N(C)C. The maximum Gasteiger partial charge on any atom is 0.352 e. The molecule has 12 heteroatoms. The van der Waals surface area contributed by atoms with Crippen molar-refractivity contribution in [3.8, 4) is 0 Å². The third-order valence-corrected chi connectivity index (χ3v) is 1.90. The normalized spacial score (nSPS) is 10.3. The molecule has 0 aliphatic carbocycles. The first kappa shape index (κ1) is 17.4. The lowest BCUT2D eigenvalue weighted by molar-refractivity contribution is -0.251. The van der Waals surface area contributed by atoms with Gasteiger partial charge < -0.3 is 17.2 Å². The summed E-state index contributed by atoms with van der Waals surface area (Å²) in [6.45, 7) is 0. The molecule has 0 atom stereocenters. The molecule has 0 fully saturated rings. The van der Waals surface area contributed by atoms with E-state index in [0.29, 0.717) is 15.4 Å². The van der Waals surface area contributed by atoms with Crippen molar-refractivity contribution in [3.63, 3.8) is 0 Å². The van der Waals surface area contributed by atoms with Crippen LogP contribution in [0, 0.1) is 0 Å². The number of nitrogens with zero attached hydrogens (tertiary/aromatic N) is 5. The first-order chi connectivity index (χ1) is 9.02. The smallest absolute Gasteiger partial charge is 0.352 e. The minimum atomic E-state index is -1.41. The van der Waals surface area contributed by atoms with E-state index in [1.807, 2.05) is 0 Å². The molecule has 0 unspecified atom stereocenters. The predicted molar refractivity (Wildman–Crippen MR) is 66.3 cm³/mol. The van der Waals surface area contributed by atoms with Crippen LogP contribution in [0.25, 0.3) is 0 Å². The highest BCUT2D eigenvalue weighted by Gasteiger charge is 2.38. The molecule has 0 aromatic carbocycles. The van der Waals surface area contributed by atoms with Crippen molar-refractivity contribution < 1.29 is 19.2 Å². The van der Waals surface area contributed by atoms with Crippen LogP contribution in [-0.4, -0.2) is 77.4 Å². The van der Waals surface area contributed by atoms with Gasteiger partial charge in [-0.3, -0.25) is 9.59 Å². The van der Waals surface area contributed by atoms with E-state index < -0.39 is 23.9 Å². The van der Waals surface area contributed by atoms with Crippen molar-refractivity contribution in [2.24, 2.45) is 17.2 Å². The zero-order valence-corrected chi connectivity index (χ0v) is 11.6. The van der Waals surface area contributed by atoms with Crippen molar-refractivity contribution in [2.45, 2.75) is 0 Å². The lowest BCUT2D eigenvalue weighted by atomic mass is 10.6. The molecule has 114 valence electrons. The third-order valence-electron chi connectivity index (χ3n) is 1.90. The van der Waals surface area contributed by atoms with E-state index >= 15 is 0 Å². The van der Waals surface area contributed by atoms with Crippen LogP contribution in [0.4, 0.5) is 9.59 Å². The average molecular weight is 290 g/mol. The Labute approximate surface area is 115 Å². The van der Waals surface area contributed by atoms with Gasteiger partial charge in [0.2, 0.25) is 0 Å². The van der Waals surface area contributed by atoms with Gasteiger partial charge in [0.1, 0.15) is 0 Å². The molecule has 0 saturated heterocycles. The molecule has 12 nitrogen and oxygen atoms in total. The average Bonchev–Trinajstić information content (AvgIpc) is 2.24. The number of carbonyl (C=O) groups excluding carboxylic acids is 4. The highest BCUT2D eigenvalue weighted by Crippen LogP contribution is 2.08. The second-order valence-electron chi connectivity index (χ2n) is 3.91. The summed E-state index contributed by atoms with van der Waals surface area (Å²) in [4.78, 5) is 45.8. The van der Waals surface area contributed by atoms with E-state index in [4.69, 9.17) is 17.2 Å². The van der Waals surface area contributed by atoms with Crippen molar-refractivity contribution >= 4 is 23.9 Å². The molecule has 0 spiro atoms. The van der Waals surface area contributed by atoms with Gasteiger partial charge in [0.15, 0.2) is 0 Å². The third kappa shape index (κ3) is 3.69. The summed E-state index contributed by atoms with van der Waals surface area (Å²) in [5.74, 6) is -2.80. The minimum absolute atomic E-state index is 0.326. The zero-order valence-electron chi connectivity index (χ0n) is 11.6. The second kappa shape index (κ2) is 6.53. The minimum Gasteiger partial charge on any atom is -0.361 e. The summed E-state index contributed by atoms with van der Waals surface area (Å²) in [6, 6.07) is -2.28. The van der Waals surface area contributed by atoms with Gasteiger partial charge in [-0.05, 0) is 0 Å². The summed E-state index contributed by atoms with van der Waals surface area (Å²) >= 11 is 0. The van der Waals surface area contributed by atoms with Crippen LogP contribution in [0.3, 0.4) is 0 Å². The Bertz CT molecular complexity index is 397. The van der Waals surface area contributed by atoms with Crippen LogP contribution in [0.1, 0.15) is 0 Å². The van der Waals surface area contributed by atoms with E-state index in [2.05, 4.69) is 0 Å². The molecule has 6 amide bonds. The topological polar surface area (TPSA) is 163 Å². The van der Waals surface area contributed by atoms with Crippen LogP contribution in [0.2, 0.25) is 0 Å². The second-order valence-corrected chi connectivity index (χ2v) is 3.91. The fourth-order valence-corrected chi connectivity index (χ4v) is 1.27. The first-order valence-corrected chi connectivity index (χ1v) is 5.19. The Kier molecular flexibility index (Phi) is 5.68. The summed E-state index contributed by atoms with van der Waals surface area (Å²) in [5, 5.41) is 3.47. The lowest BCUT2D eigenvalue weighted by Gasteiger charge is -2.42. The number of carbonyl (C=O) groups is 4. The van der Waals surface area contributed by atoms with E-state index in [1.54, 1.807) is 0 Å². The van der Waals surface area contributed by atoms with Gasteiger partial charge in [0.25, 0.3) is 0 Å². The largest absolute Gasteiger partial charge is 0.361 e. The number of amides is 6. The van der Waals surface area contributed by atoms with Crippen LogP contribution >= 0.6 is 0 Å². The van der Waals surface area contributed by atoms with E-state index in [1.165, 1.54) is 28.2 Å².